The summed E-state index contributed by atoms with van der Waals surface area (Å²) < 4.78 is 5.74. The van der Waals surface area contributed by atoms with Gasteiger partial charge in [0.05, 0.1) is 6.61 Å². The van der Waals surface area contributed by atoms with E-state index < -0.39 is 0 Å². The van der Waals surface area contributed by atoms with Crippen molar-refractivity contribution in [2.45, 2.75) is 24.0 Å². The van der Waals surface area contributed by atoms with E-state index in [0.29, 0.717) is 6.61 Å². The average molecular weight is 343 g/mol. The fraction of sp³-hybridized carbons (Fsp3) is 0.350. The molecule has 1 atom stereocenters. The number of ether oxygens (including phenoxy) is 1. The Morgan fingerprint density at radius 1 is 1.12 bits per heavy atom. The lowest BCUT2D eigenvalue weighted by Gasteiger charge is -2.12. The fourth-order valence-electron chi connectivity index (χ4n) is 2.22. The van der Waals surface area contributed by atoms with E-state index in [1.807, 2.05) is 30.0 Å². The fourth-order valence-corrected chi connectivity index (χ4v) is 3.10. The second kappa shape index (κ2) is 10.9. The maximum absolute atomic E-state index is 11.1. The number of benzene rings is 2. The Labute approximate surface area is 148 Å². The molecule has 1 N–H and O–H groups in total. The number of hydrogen-bond donors (Lipinski definition) is 1. The van der Waals surface area contributed by atoms with Gasteiger partial charge in [-0.05, 0) is 49.3 Å². The molecule has 24 heavy (non-hydrogen) atoms. The molecule has 0 heterocycles. The molecule has 0 fully saturated rings. The molecule has 2 aromatic rings. The highest BCUT2D eigenvalue weighted by molar-refractivity contribution is 7.98. The summed E-state index contributed by atoms with van der Waals surface area (Å²) in [6, 6.07) is 18.5. The highest BCUT2D eigenvalue weighted by atomic mass is 32.2. The maximum Gasteiger partial charge on any atom is 0.126 e. The number of rotatable bonds is 11. The van der Waals surface area contributed by atoms with Crippen LogP contribution >= 0.6 is 11.8 Å². The molecule has 0 bridgehead atoms. The number of thioether (sulfide) groups is 1. The Balaban J connectivity index is 1.75. The van der Waals surface area contributed by atoms with E-state index in [-0.39, 0.29) is 5.92 Å². The molecule has 0 spiro atoms. The second-order valence-electron chi connectivity index (χ2n) is 5.60. The van der Waals surface area contributed by atoms with Gasteiger partial charge in [-0.25, -0.2) is 0 Å². The van der Waals surface area contributed by atoms with Crippen molar-refractivity contribution >= 4 is 18.0 Å². The van der Waals surface area contributed by atoms with Crippen molar-refractivity contribution in [3.05, 3.63) is 60.2 Å². The van der Waals surface area contributed by atoms with Gasteiger partial charge in [0.1, 0.15) is 12.0 Å². The lowest BCUT2D eigenvalue weighted by Crippen LogP contribution is -2.21. The summed E-state index contributed by atoms with van der Waals surface area (Å²) in [7, 11) is 0. The van der Waals surface area contributed by atoms with E-state index in [0.717, 1.165) is 37.3 Å². The number of nitrogens with one attached hydrogen (secondary N) is 1. The molecule has 0 aromatic heterocycles. The molecular formula is C20H25NO2S. The van der Waals surface area contributed by atoms with E-state index in [1.165, 1.54) is 10.5 Å². The van der Waals surface area contributed by atoms with E-state index in [4.69, 9.17) is 4.74 Å². The van der Waals surface area contributed by atoms with Crippen LogP contribution in [0, 0.1) is 5.92 Å². The molecule has 4 heteroatoms. The number of carbonyl (C=O) groups excluding carboxylic acids is 1. The highest BCUT2D eigenvalue weighted by Gasteiger charge is 2.08. The average Bonchev–Trinajstić information content (AvgIpc) is 2.64. The Hall–Kier alpha value is -1.78. The molecule has 3 nitrogen and oxygen atoms in total. The van der Waals surface area contributed by atoms with Crippen molar-refractivity contribution < 1.29 is 9.53 Å². The summed E-state index contributed by atoms with van der Waals surface area (Å²) in [6.07, 6.45) is 1.80. The molecule has 0 saturated carbocycles. The minimum atomic E-state index is -0.0580. The molecule has 2 aromatic carbocycles. The van der Waals surface area contributed by atoms with Crippen LogP contribution in [0.4, 0.5) is 0 Å². The van der Waals surface area contributed by atoms with Gasteiger partial charge in [0, 0.05) is 16.6 Å². The van der Waals surface area contributed by atoms with Gasteiger partial charge in [-0.3, -0.25) is 0 Å². The summed E-state index contributed by atoms with van der Waals surface area (Å²) >= 11 is 1.82. The molecular weight excluding hydrogens is 318 g/mol. The second-order valence-corrected chi connectivity index (χ2v) is 6.64. The molecule has 0 amide bonds. The van der Waals surface area contributed by atoms with Crippen molar-refractivity contribution in [3.8, 4) is 5.75 Å². The third-order valence-corrected chi connectivity index (χ3v) is 4.75. The van der Waals surface area contributed by atoms with Gasteiger partial charge in [0.2, 0.25) is 0 Å². The maximum atomic E-state index is 11.1. The topological polar surface area (TPSA) is 38.3 Å². The summed E-state index contributed by atoms with van der Waals surface area (Å²) in [4.78, 5) is 12.4. The predicted molar refractivity (Wildman–Crippen MR) is 101 cm³/mol. The van der Waals surface area contributed by atoms with Crippen LogP contribution < -0.4 is 10.1 Å². The Kier molecular flexibility index (Phi) is 8.42. The van der Waals surface area contributed by atoms with Crippen LogP contribution in [0.3, 0.4) is 0 Å². The first-order chi connectivity index (χ1) is 11.8. The van der Waals surface area contributed by atoms with Crippen molar-refractivity contribution in [3.63, 3.8) is 0 Å². The van der Waals surface area contributed by atoms with Gasteiger partial charge in [0.25, 0.3) is 0 Å². The Morgan fingerprint density at radius 3 is 2.54 bits per heavy atom. The van der Waals surface area contributed by atoms with Crippen LogP contribution in [-0.2, 0) is 10.5 Å². The summed E-state index contributed by atoms with van der Waals surface area (Å²) in [6.45, 7) is 4.27. The SMILES string of the molecule is CCNCCC(C=O)COc1ccc(CSc2ccccc2)cc1. The molecule has 2 rings (SSSR count). The third-order valence-electron chi connectivity index (χ3n) is 3.67. The van der Waals surface area contributed by atoms with Gasteiger partial charge >= 0.3 is 0 Å². The first kappa shape index (κ1) is 18.6. The Morgan fingerprint density at radius 2 is 1.88 bits per heavy atom. The van der Waals surface area contributed by atoms with Crippen molar-refractivity contribution in [2.75, 3.05) is 19.7 Å². The summed E-state index contributed by atoms with van der Waals surface area (Å²) in [5.41, 5.74) is 1.26. The zero-order valence-corrected chi connectivity index (χ0v) is 14.9. The molecule has 0 radical (unpaired) electrons. The van der Waals surface area contributed by atoms with Gasteiger partial charge in [-0.1, -0.05) is 37.3 Å². The van der Waals surface area contributed by atoms with Crippen molar-refractivity contribution in [1.82, 2.24) is 5.32 Å². The van der Waals surface area contributed by atoms with Crippen LogP contribution in [0.1, 0.15) is 18.9 Å². The number of carbonyl (C=O) groups is 1. The lowest BCUT2D eigenvalue weighted by atomic mass is 10.1. The van der Waals surface area contributed by atoms with Gasteiger partial charge in [-0.2, -0.15) is 0 Å². The number of aldehydes is 1. The van der Waals surface area contributed by atoms with Gasteiger partial charge in [0.15, 0.2) is 0 Å². The van der Waals surface area contributed by atoms with Crippen LogP contribution in [-0.4, -0.2) is 26.0 Å². The first-order valence-corrected chi connectivity index (χ1v) is 9.36. The van der Waals surface area contributed by atoms with Crippen LogP contribution in [0.2, 0.25) is 0 Å². The minimum Gasteiger partial charge on any atom is -0.493 e. The molecule has 0 aliphatic carbocycles. The lowest BCUT2D eigenvalue weighted by molar-refractivity contribution is -0.112. The molecule has 1 unspecified atom stereocenters. The van der Waals surface area contributed by atoms with Gasteiger partial charge < -0.3 is 14.8 Å². The summed E-state index contributed by atoms with van der Waals surface area (Å²) in [5.74, 6) is 1.69. The van der Waals surface area contributed by atoms with E-state index in [1.54, 1.807) is 0 Å². The smallest absolute Gasteiger partial charge is 0.126 e. The molecule has 0 aliphatic rings. The van der Waals surface area contributed by atoms with Crippen molar-refractivity contribution in [1.29, 1.82) is 0 Å². The highest BCUT2D eigenvalue weighted by Crippen LogP contribution is 2.23. The molecule has 128 valence electrons. The predicted octanol–water partition coefficient (Wildman–Crippen LogP) is 4.17. The first-order valence-electron chi connectivity index (χ1n) is 8.37. The standard InChI is InChI=1S/C20H25NO2S/c1-2-21-13-12-18(14-22)15-23-19-10-8-17(9-11-19)16-24-20-6-4-3-5-7-20/h3-11,14,18,21H,2,12-13,15-16H2,1H3. The zero-order chi connectivity index (χ0) is 17.0. The molecule has 0 saturated heterocycles. The van der Waals surface area contributed by atoms with Crippen LogP contribution in [0.25, 0.3) is 0 Å². The van der Waals surface area contributed by atoms with Crippen LogP contribution in [0.15, 0.2) is 59.5 Å². The van der Waals surface area contributed by atoms with Crippen molar-refractivity contribution in [2.24, 2.45) is 5.92 Å². The normalized spacial score (nSPS) is 11.9. The van der Waals surface area contributed by atoms with Gasteiger partial charge in [-0.15, -0.1) is 11.8 Å². The van der Waals surface area contributed by atoms with E-state index >= 15 is 0 Å². The minimum absolute atomic E-state index is 0.0580. The van der Waals surface area contributed by atoms with Crippen LogP contribution in [0.5, 0.6) is 5.75 Å². The quantitative estimate of drug-likeness (QED) is 0.377. The number of hydrogen-bond acceptors (Lipinski definition) is 4. The third kappa shape index (κ3) is 6.77. The summed E-state index contributed by atoms with van der Waals surface area (Å²) in [5, 5.41) is 3.23. The van der Waals surface area contributed by atoms with E-state index in [2.05, 4.69) is 48.6 Å². The van der Waals surface area contributed by atoms with E-state index in [9.17, 15) is 4.79 Å². The largest absolute Gasteiger partial charge is 0.493 e. The zero-order valence-electron chi connectivity index (χ0n) is 14.1. The monoisotopic (exact) mass is 343 g/mol. The molecule has 0 aliphatic heterocycles. The Bertz CT molecular complexity index is 586.